The first-order chi connectivity index (χ1) is 18.6. The van der Waals surface area contributed by atoms with Gasteiger partial charge in [0, 0.05) is 33.3 Å². The molecule has 0 aromatic heterocycles. The fourth-order valence-corrected chi connectivity index (χ4v) is 1.00. The van der Waals surface area contributed by atoms with E-state index in [0.29, 0.717) is 17.6 Å². The lowest BCUT2D eigenvalue weighted by molar-refractivity contribution is -0.147. The summed E-state index contributed by atoms with van der Waals surface area (Å²) in [7, 11) is 0. The fraction of sp³-hybridized carbons (Fsp3) is 0.464. The number of carbonyl (C=O) groups is 5. The first-order valence-corrected chi connectivity index (χ1v) is 11.8. The van der Waals surface area contributed by atoms with Crippen molar-refractivity contribution in [3.8, 4) is 0 Å². The molecule has 0 aromatic rings. The quantitative estimate of drug-likeness (QED) is 0.109. The van der Waals surface area contributed by atoms with Crippen molar-refractivity contribution in [2.75, 3.05) is 33.0 Å². The molecule has 0 atom stereocenters. The van der Waals surface area contributed by atoms with E-state index in [9.17, 15) is 24.0 Å². The van der Waals surface area contributed by atoms with Crippen LogP contribution in [0.15, 0.2) is 60.8 Å². The van der Waals surface area contributed by atoms with Gasteiger partial charge in [0.1, 0.15) is 13.2 Å². The minimum absolute atomic E-state index is 0.0325. The summed E-state index contributed by atoms with van der Waals surface area (Å²) >= 11 is 0. The number of hydrogen-bond acceptors (Lipinski definition) is 10. The van der Waals surface area contributed by atoms with Gasteiger partial charge in [0.2, 0.25) is 0 Å². The molecule has 6 N–H and O–H groups in total. The van der Waals surface area contributed by atoms with Crippen LogP contribution in [0.25, 0.3) is 0 Å². The molecule has 0 aromatic carbocycles. The first kappa shape index (κ1) is 46.8. The van der Waals surface area contributed by atoms with Gasteiger partial charge >= 0.3 is 29.8 Å². The Hall–Kier alpha value is -4.07. The van der Waals surface area contributed by atoms with Crippen LogP contribution in [-0.2, 0) is 33.4 Å². The highest BCUT2D eigenvalue weighted by molar-refractivity contribution is 5.88. The smallest absolute Gasteiger partial charge is 0.333 e. The maximum Gasteiger partial charge on any atom is 0.333 e. The predicted octanol–water partition coefficient (Wildman–Crippen LogP) is 2.53. The number of rotatable bonds is 12. The lowest BCUT2D eigenvalue weighted by atomic mass is 9.88. The van der Waals surface area contributed by atoms with E-state index >= 15 is 0 Å². The van der Waals surface area contributed by atoms with Crippen LogP contribution in [0.2, 0.25) is 0 Å². The molecular weight excluding hydrogens is 544 g/mol. The van der Waals surface area contributed by atoms with Crippen molar-refractivity contribution in [1.29, 1.82) is 0 Å². The molecule has 0 saturated heterocycles. The second-order valence-electron chi connectivity index (χ2n) is 8.42. The monoisotopic (exact) mass is 590 g/mol. The second kappa shape index (κ2) is 27.5. The van der Waals surface area contributed by atoms with Gasteiger partial charge in [0.15, 0.2) is 0 Å². The molecule has 0 radical (unpaired) electrons. The lowest BCUT2D eigenvalue weighted by Gasteiger charge is -2.24. The Morgan fingerprint density at radius 1 is 0.537 bits per heavy atom. The molecule has 0 aliphatic carbocycles. The number of carboxylic acids is 3. The SMILES string of the molecule is C=C(C)C(=O)O.C=C(C)C(=O)O.C=C(C)C(=O)O.C=C(C)C(=O)OCCOC(=O)C(=C)C.CCC(CO)(CO)CO. The number of esters is 2. The molecule has 0 rings (SSSR count). The third-order valence-corrected chi connectivity index (χ3v) is 4.10. The average molecular weight is 591 g/mol. The molecule has 13 heteroatoms. The first-order valence-electron chi connectivity index (χ1n) is 11.8. The summed E-state index contributed by atoms with van der Waals surface area (Å²) in [6.07, 6.45) is 0.594. The van der Waals surface area contributed by atoms with Crippen LogP contribution in [0.4, 0.5) is 0 Å². The number of hydrogen-bond donors (Lipinski definition) is 6. The molecule has 0 bridgehead atoms. The van der Waals surface area contributed by atoms with Gasteiger partial charge in [-0.3, -0.25) is 0 Å². The van der Waals surface area contributed by atoms with Crippen LogP contribution in [0.5, 0.6) is 0 Å². The van der Waals surface area contributed by atoms with E-state index in [-0.39, 0.29) is 49.8 Å². The Labute approximate surface area is 241 Å². The Kier molecular flexibility index (Phi) is 31.4. The Morgan fingerprint density at radius 3 is 0.805 bits per heavy atom. The molecule has 0 aliphatic rings. The van der Waals surface area contributed by atoms with Gasteiger partial charge in [-0.15, -0.1) is 0 Å². The summed E-state index contributed by atoms with van der Waals surface area (Å²) in [6.45, 7) is 25.1. The predicted molar refractivity (Wildman–Crippen MR) is 153 cm³/mol. The third-order valence-electron chi connectivity index (χ3n) is 4.10. The Morgan fingerprint density at radius 2 is 0.732 bits per heavy atom. The fourth-order valence-electron chi connectivity index (χ4n) is 1.00. The average Bonchev–Trinajstić information content (AvgIpc) is 2.89. The van der Waals surface area contributed by atoms with Crippen molar-refractivity contribution in [1.82, 2.24) is 0 Å². The minimum Gasteiger partial charge on any atom is -0.478 e. The molecule has 0 unspecified atom stereocenters. The second-order valence-corrected chi connectivity index (χ2v) is 8.42. The van der Waals surface area contributed by atoms with Crippen LogP contribution < -0.4 is 0 Å². The molecular formula is C28H46O13. The summed E-state index contributed by atoms with van der Waals surface area (Å²) in [5.74, 6) is -3.78. The van der Waals surface area contributed by atoms with Crippen molar-refractivity contribution in [2.45, 2.75) is 48.0 Å². The summed E-state index contributed by atoms with van der Waals surface area (Å²) < 4.78 is 9.38. The maximum atomic E-state index is 10.8. The lowest BCUT2D eigenvalue weighted by Crippen LogP contribution is -2.32. The summed E-state index contributed by atoms with van der Waals surface area (Å²) in [6, 6.07) is 0. The van der Waals surface area contributed by atoms with Gasteiger partial charge in [0.05, 0.1) is 19.8 Å². The van der Waals surface area contributed by atoms with Gasteiger partial charge in [-0.05, 0) is 41.0 Å². The van der Waals surface area contributed by atoms with E-state index in [2.05, 4.69) is 42.4 Å². The van der Waals surface area contributed by atoms with E-state index in [4.69, 9.17) is 30.6 Å². The molecule has 0 spiro atoms. The molecule has 0 amide bonds. The standard InChI is InChI=1S/C10H14O4.C6H14O3.3C4H6O2/c1-7(2)9(11)13-5-6-14-10(12)8(3)4;1-2-6(3-7,4-8)5-9;3*1-3(2)4(5)6/h1,3,5-6H2,2,4H3;7-9H,2-5H2,1H3;3*1H2,2H3,(H,5,6). The molecule has 13 nitrogen and oxygen atoms in total. The minimum atomic E-state index is -0.935. The number of aliphatic hydroxyl groups excluding tert-OH is 3. The molecule has 0 heterocycles. The van der Waals surface area contributed by atoms with Gasteiger partial charge in [0.25, 0.3) is 0 Å². The highest BCUT2D eigenvalue weighted by atomic mass is 16.6. The summed E-state index contributed by atoms with van der Waals surface area (Å²) in [5.41, 5.74) is 0.493. The van der Waals surface area contributed by atoms with Crippen molar-refractivity contribution in [2.24, 2.45) is 5.41 Å². The van der Waals surface area contributed by atoms with E-state index in [1.165, 1.54) is 20.8 Å². The van der Waals surface area contributed by atoms with Crippen LogP contribution >= 0.6 is 0 Å². The van der Waals surface area contributed by atoms with Crippen molar-refractivity contribution >= 4 is 29.8 Å². The van der Waals surface area contributed by atoms with E-state index in [1.807, 2.05) is 6.92 Å². The molecule has 236 valence electrons. The van der Waals surface area contributed by atoms with Crippen molar-refractivity contribution < 1.29 is 64.1 Å². The third kappa shape index (κ3) is 33.9. The molecule has 0 aliphatic heterocycles. The number of carbonyl (C=O) groups excluding carboxylic acids is 2. The molecule has 41 heavy (non-hydrogen) atoms. The van der Waals surface area contributed by atoms with Crippen LogP contribution in [0.3, 0.4) is 0 Å². The van der Waals surface area contributed by atoms with E-state index < -0.39 is 35.3 Å². The zero-order valence-electron chi connectivity index (χ0n) is 24.8. The molecule has 0 fully saturated rings. The van der Waals surface area contributed by atoms with Crippen LogP contribution in [0.1, 0.15) is 48.0 Å². The molecule has 0 saturated carbocycles. The number of aliphatic carboxylic acids is 3. The van der Waals surface area contributed by atoms with Gasteiger partial charge < -0.3 is 40.1 Å². The Balaban J connectivity index is -0.000000139. The largest absolute Gasteiger partial charge is 0.478 e. The van der Waals surface area contributed by atoms with Crippen molar-refractivity contribution in [3.05, 3.63) is 60.8 Å². The zero-order chi connectivity index (χ0) is 33.9. The number of aliphatic hydroxyl groups is 3. The maximum absolute atomic E-state index is 10.8. The van der Waals surface area contributed by atoms with E-state index in [0.717, 1.165) is 0 Å². The van der Waals surface area contributed by atoms with Gasteiger partial charge in [-0.1, -0.05) is 39.8 Å². The van der Waals surface area contributed by atoms with Crippen LogP contribution in [-0.4, -0.2) is 93.5 Å². The van der Waals surface area contributed by atoms with Crippen molar-refractivity contribution in [3.63, 3.8) is 0 Å². The van der Waals surface area contributed by atoms with E-state index in [1.54, 1.807) is 13.8 Å². The summed E-state index contributed by atoms with van der Waals surface area (Å²) in [5, 5.41) is 49.6. The number of carboxylic acid groups (broad SMARTS) is 3. The normalized spacial score (nSPS) is 9.00. The highest BCUT2D eigenvalue weighted by Gasteiger charge is 2.24. The van der Waals surface area contributed by atoms with Gasteiger partial charge in [-0.2, -0.15) is 0 Å². The highest BCUT2D eigenvalue weighted by Crippen LogP contribution is 2.18. The number of ether oxygens (including phenoxy) is 2. The Bertz CT molecular complexity index is 771. The summed E-state index contributed by atoms with van der Waals surface area (Å²) in [4.78, 5) is 50.5. The van der Waals surface area contributed by atoms with Crippen LogP contribution in [0, 0.1) is 5.41 Å². The topological polar surface area (TPSA) is 225 Å². The van der Waals surface area contributed by atoms with Gasteiger partial charge in [-0.25, -0.2) is 24.0 Å². The zero-order valence-corrected chi connectivity index (χ0v) is 24.8.